The van der Waals surface area contributed by atoms with Crippen molar-refractivity contribution in [3.63, 3.8) is 0 Å². The van der Waals surface area contributed by atoms with E-state index in [0.717, 1.165) is 30.0 Å². The van der Waals surface area contributed by atoms with Gasteiger partial charge in [0.1, 0.15) is 0 Å². The molecule has 0 aromatic heterocycles. The molecule has 1 aliphatic carbocycles. The molecule has 1 unspecified atom stereocenters. The van der Waals surface area contributed by atoms with E-state index in [0.29, 0.717) is 0 Å². The summed E-state index contributed by atoms with van der Waals surface area (Å²) in [5, 5.41) is 4.90. The first-order valence-corrected chi connectivity index (χ1v) is 11.4. The number of carbonyl (C=O) groups is 1. The molecule has 0 fully saturated rings. The van der Waals surface area contributed by atoms with Crippen LogP contribution in [0.3, 0.4) is 0 Å². The summed E-state index contributed by atoms with van der Waals surface area (Å²) in [6.07, 6.45) is 3.09. The zero-order valence-electron chi connectivity index (χ0n) is 16.1. The fourth-order valence-electron chi connectivity index (χ4n) is 3.89. The molecule has 150 valence electrons. The number of aryl methyl sites for hydroxylation is 1. The van der Waals surface area contributed by atoms with Gasteiger partial charge in [-0.25, -0.2) is 13.1 Å². The first kappa shape index (κ1) is 19.6. The first-order valence-electron chi connectivity index (χ1n) is 9.88. The van der Waals surface area contributed by atoms with Crippen LogP contribution < -0.4 is 10.0 Å². The monoisotopic (exact) mass is 408 g/mol. The highest BCUT2D eigenvalue weighted by atomic mass is 32.2. The topological polar surface area (TPSA) is 75.3 Å². The highest BCUT2D eigenvalue weighted by molar-refractivity contribution is 7.89. The number of hydrogen-bond donors (Lipinski definition) is 2. The molecule has 0 radical (unpaired) electrons. The van der Waals surface area contributed by atoms with Crippen molar-refractivity contribution in [2.75, 3.05) is 6.54 Å². The predicted molar refractivity (Wildman–Crippen MR) is 114 cm³/mol. The van der Waals surface area contributed by atoms with Crippen LogP contribution in [0.15, 0.2) is 71.6 Å². The molecule has 3 aromatic rings. The van der Waals surface area contributed by atoms with Crippen molar-refractivity contribution in [3.05, 3.63) is 77.9 Å². The van der Waals surface area contributed by atoms with Gasteiger partial charge in [-0.1, -0.05) is 54.6 Å². The van der Waals surface area contributed by atoms with E-state index < -0.39 is 10.0 Å². The highest BCUT2D eigenvalue weighted by Crippen LogP contribution is 2.29. The molecular formula is C23H24N2O3S. The van der Waals surface area contributed by atoms with E-state index in [1.807, 2.05) is 36.4 Å². The summed E-state index contributed by atoms with van der Waals surface area (Å²) in [5.41, 5.74) is 2.45. The van der Waals surface area contributed by atoms with Crippen molar-refractivity contribution in [2.24, 2.45) is 0 Å². The molecule has 0 spiro atoms. The van der Waals surface area contributed by atoms with Gasteiger partial charge in [-0.15, -0.1) is 0 Å². The van der Waals surface area contributed by atoms with Gasteiger partial charge < -0.3 is 5.32 Å². The lowest BCUT2D eigenvalue weighted by Gasteiger charge is -2.26. The third kappa shape index (κ3) is 4.49. The summed E-state index contributed by atoms with van der Waals surface area (Å²) in [6, 6.07) is 20.8. The minimum Gasteiger partial charge on any atom is -0.349 e. The number of sulfonamides is 1. The summed E-state index contributed by atoms with van der Waals surface area (Å²) in [5.74, 6) is -0.145. The van der Waals surface area contributed by atoms with Gasteiger partial charge in [0.2, 0.25) is 15.9 Å². The number of carbonyl (C=O) groups excluding carboxylic acids is 1. The standard InChI is InChI=1S/C23H24N2O3S/c26-23(25-22-11-5-9-18-7-3-4-10-21(18)22)14-15-24-29(27,28)20-13-12-17-6-1-2-8-19(17)16-20/h1-4,6-8,10,12-13,16,22,24H,5,9,11,14-15H2,(H,25,26). The Hall–Kier alpha value is -2.70. The third-order valence-corrected chi connectivity index (χ3v) is 6.84. The van der Waals surface area contributed by atoms with Gasteiger partial charge in [-0.05, 0) is 53.3 Å². The molecule has 4 rings (SSSR count). The molecule has 29 heavy (non-hydrogen) atoms. The SMILES string of the molecule is O=C(CCNS(=O)(=O)c1ccc2ccccc2c1)NC1CCCc2ccccc21. The molecule has 1 amide bonds. The van der Waals surface area contributed by atoms with Crippen molar-refractivity contribution >= 4 is 26.7 Å². The molecule has 5 nitrogen and oxygen atoms in total. The van der Waals surface area contributed by atoms with Crippen LogP contribution in [0.25, 0.3) is 10.8 Å². The van der Waals surface area contributed by atoms with E-state index in [4.69, 9.17) is 0 Å². The summed E-state index contributed by atoms with van der Waals surface area (Å²) < 4.78 is 27.7. The predicted octanol–water partition coefficient (Wildman–Crippen LogP) is 3.70. The van der Waals surface area contributed by atoms with Crippen LogP contribution in [0.1, 0.15) is 36.4 Å². The molecule has 0 heterocycles. The lowest BCUT2D eigenvalue weighted by Crippen LogP contribution is -2.34. The van der Waals surface area contributed by atoms with Gasteiger partial charge in [0.05, 0.1) is 10.9 Å². The van der Waals surface area contributed by atoms with Crippen LogP contribution in [-0.2, 0) is 21.2 Å². The fourth-order valence-corrected chi connectivity index (χ4v) is 4.95. The van der Waals surface area contributed by atoms with Crippen molar-refractivity contribution in [1.29, 1.82) is 0 Å². The lowest BCUT2D eigenvalue weighted by atomic mass is 9.88. The first-order chi connectivity index (χ1) is 14.0. The highest BCUT2D eigenvalue weighted by Gasteiger charge is 2.21. The molecule has 0 saturated carbocycles. The van der Waals surface area contributed by atoms with Gasteiger partial charge in [0.15, 0.2) is 0 Å². The number of fused-ring (bicyclic) bond motifs is 2. The van der Waals surface area contributed by atoms with Crippen molar-refractivity contribution in [2.45, 2.75) is 36.6 Å². The number of amides is 1. The van der Waals surface area contributed by atoms with Crippen LogP contribution in [0.5, 0.6) is 0 Å². The molecule has 3 aromatic carbocycles. The Bertz CT molecular complexity index is 1140. The smallest absolute Gasteiger partial charge is 0.240 e. The Morgan fingerprint density at radius 3 is 2.59 bits per heavy atom. The lowest BCUT2D eigenvalue weighted by molar-refractivity contribution is -0.121. The molecular weight excluding hydrogens is 384 g/mol. The van der Waals surface area contributed by atoms with E-state index in [1.54, 1.807) is 18.2 Å². The number of benzene rings is 3. The normalized spacial score (nSPS) is 16.3. The Morgan fingerprint density at radius 1 is 0.966 bits per heavy atom. The van der Waals surface area contributed by atoms with Crippen molar-refractivity contribution in [1.82, 2.24) is 10.0 Å². The summed E-state index contributed by atoms with van der Waals surface area (Å²) in [7, 11) is -3.66. The molecule has 1 aliphatic rings. The van der Waals surface area contributed by atoms with Gasteiger partial charge in [-0.3, -0.25) is 4.79 Å². The Balaban J connectivity index is 1.35. The molecule has 2 N–H and O–H groups in total. The zero-order valence-corrected chi connectivity index (χ0v) is 16.9. The molecule has 1 atom stereocenters. The largest absolute Gasteiger partial charge is 0.349 e. The molecule has 0 bridgehead atoms. The Morgan fingerprint density at radius 2 is 1.72 bits per heavy atom. The van der Waals surface area contributed by atoms with Crippen LogP contribution in [0, 0.1) is 0 Å². The zero-order chi connectivity index (χ0) is 20.3. The molecule has 6 heteroatoms. The average molecular weight is 409 g/mol. The van der Waals surface area contributed by atoms with Crippen LogP contribution in [-0.4, -0.2) is 20.9 Å². The van der Waals surface area contributed by atoms with Gasteiger partial charge in [-0.2, -0.15) is 0 Å². The minimum atomic E-state index is -3.66. The van der Waals surface area contributed by atoms with Crippen LogP contribution >= 0.6 is 0 Å². The Kier molecular flexibility index (Phi) is 5.65. The van der Waals surface area contributed by atoms with Crippen molar-refractivity contribution < 1.29 is 13.2 Å². The van der Waals surface area contributed by atoms with Gasteiger partial charge in [0, 0.05) is 13.0 Å². The summed E-state index contributed by atoms with van der Waals surface area (Å²) in [4.78, 5) is 12.6. The molecule has 0 aliphatic heterocycles. The fraction of sp³-hybridized carbons (Fsp3) is 0.261. The average Bonchev–Trinajstić information content (AvgIpc) is 2.73. The quantitative estimate of drug-likeness (QED) is 0.653. The second kappa shape index (κ2) is 8.35. The van der Waals surface area contributed by atoms with Crippen LogP contribution in [0.2, 0.25) is 0 Å². The van der Waals surface area contributed by atoms with E-state index in [-0.39, 0.29) is 29.8 Å². The maximum atomic E-state index is 12.6. The minimum absolute atomic E-state index is 0.00421. The van der Waals surface area contributed by atoms with E-state index in [2.05, 4.69) is 22.2 Å². The van der Waals surface area contributed by atoms with Crippen molar-refractivity contribution in [3.8, 4) is 0 Å². The molecule has 0 saturated heterocycles. The summed E-state index contributed by atoms with van der Waals surface area (Å²) >= 11 is 0. The van der Waals surface area contributed by atoms with E-state index in [1.165, 1.54) is 11.1 Å². The number of nitrogens with one attached hydrogen (secondary N) is 2. The maximum Gasteiger partial charge on any atom is 0.240 e. The second-order valence-electron chi connectivity index (χ2n) is 7.37. The van der Waals surface area contributed by atoms with Gasteiger partial charge in [0.25, 0.3) is 0 Å². The third-order valence-electron chi connectivity index (χ3n) is 5.38. The second-order valence-corrected chi connectivity index (χ2v) is 9.13. The van der Waals surface area contributed by atoms with E-state index in [9.17, 15) is 13.2 Å². The maximum absolute atomic E-state index is 12.6. The Labute approximate surface area is 171 Å². The van der Waals surface area contributed by atoms with Gasteiger partial charge >= 0.3 is 0 Å². The van der Waals surface area contributed by atoms with E-state index >= 15 is 0 Å². The summed E-state index contributed by atoms with van der Waals surface area (Å²) in [6.45, 7) is 0.0648. The number of hydrogen-bond acceptors (Lipinski definition) is 3. The van der Waals surface area contributed by atoms with Crippen LogP contribution in [0.4, 0.5) is 0 Å². The number of rotatable bonds is 6.